The van der Waals surface area contributed by atoms with Crippen LogP contribution in [0.1, 0.15) is 354 Å². The highest BCUT2D eigenvalue weighted by Gasteiger charge is 2.44. The van der Waals surface area contributed by atoms with Crippen LogP contribution in [0.15, 0.2) is 12.2 Å². The van der Waals surface area contributed by atoms with Crippen molar-refractivity contribution in [3.05, 3.63) is 12.2 Å². The Morgan fingerprint density at radius 1 is 0.425 bits per heavy atom. The fourth-order valence-electron chi connectivity index (χ4n) is 11.7. The number of aliphatic hydroxyl groups is 7. The maximum absolute atomic E-state index is 13.2. The third-order valence-electron chi connectivity index (χ3n) is 17.3. The summed E-state index contributed by atoms with van der Waals surface area (Å²) in [6.07, 6.45) is 60.1. The van der Waals surface area contributed by atoms with Gasteiger partial charge < -0.3 is 50.5 Å². The lowest BCUT2D eigenvalue weighted by Gasteiger charge is -2.40. The molecule has 11 heteroatoms. The number of unbranched alkanes of at least 4 members (excludes halogenated alkanes) is 48. The van der Waals surface area contributed by atoms with Crippen LogP contribution in [0.5, 0.6) is 0 Å². The minimum absolute atomic E-state index is 0.260. The molecule has 1 amide bonds. The minimum atomic E-state index is -1.67. The Labute approximate surface area is 493 Å². The molecule has 0 aromatic rings. The zero-order valence-corrected chi connectivity index (χ0v) is 52.6. The summed E-state index contributed by atoms with van der Waals surface area (Å²) in [6, 6.07) is -1.18. The normalized spacial score (nSPS) is 19.2. The van der Waals surface area contributed by atoms with Crippen LogP contribution in [0.3, 0.4) is 0 Å². The molecule has 0 spiro atoms. The average Bonchev–Trinajstić information content (AvgIpc) is 3.47. The second-order valence-electron chi connectivity index (χ2n) is 25.0. The first-order valence-electron chi connectivity index (χ1n) is 35.1. The van der Waals surface area contributed by atoms with Crippen molar-refractivity contribution in [2.75, 3.05) is 13.2 Å². The van der Waals surface area contributed by atoms with Gasteiger partial charge in [-0.3, -0.25) is 4.79 Å². The number of nitrogens with one attached hydrogen (secondary N) is 1. The van der Waals surface area contributed by atoms with Crippen LogP contribution in [-0.4, -0.2) is 110 Å². The third kappa shape index (κ3) is 45.2. The van der Waals surface area contributed by atoms with Crippen molar-refractivity contribution >= 4 is 5.91 Å². The molecule has 0 bridgehead atoms. The van der Waals surface area contributed by atoms with Crippen molar-refractivity contribution in [1.29, 1.82) is 0 Å². The lowest BCUT2D eigenvalue weighted by molar-refractivity contribution is -0.303. The van der Waals surface area contributed by atoms with Gasteiger partial charge in [0, 0.05) is 0 Å². The van der Waals surface area contributed by atoms with Gasteiger partial charge in [0.25, 0.3) is 0 Å². The minimum Gasteiger partial charge on any atom is -0.394 e. The highest BCUT2D eigenvalue weighted by Crippen LogP contribution is 2.24. The van der Waals surface area contributed by atoms with Crippen LogP contribution >= 0.6 is 0 Å². The quantitative estimate of drug-likeness (QED) is 0.0215. The van der Waals surface area contributed by atoms with E-state index >= 15 is 0 Å². The van der Waals surface area contributed by atoms with Gasteiger partial charge in [-0.2, -0.15) is 0 Å². The van der Waals surface area contributed by atoms with E-state index < -0.39 is 74.2 Å². The van der Waals surface area contributed by atoms with Gasteiger partial charge in [-0.15, -0.1) is 0 Å². The monoisotopic (exact) mass is 1140 g/mol. The Morgan fingerprint density at radius 2 is 0.738 bits per heavy atom. The Bertz CT molecular complexity index is 1310. The molecule has 11 nitrogen and oxygen atoms in total. The zero-order chi connectivity index (χ0) is 58.2. The number of amides is 1. The van der Waals surface area contributed by atoms with E-state index in [4.69, 9.17) is 9.47 Å². The molecule has 0 saturated carbocycles. The van der Waals surface area contributed by atoms with Gasteiger partial charge in [0.2, 0.25) is 5.91 Å². The molecule has 1 heterocycles. The van der Waals surface area contributed by atoms with E-state index in [1.165, 1.54) is 283 Å². The predicted octanol–water partition coefficient (Wildman–Crippen LogP) is 16.6. The van der Waals surface area contributed by atoms with Crippen LogP contribution < -0.4 is 5.32 Å². The number of aliphatic hydroxyl groups excluding tert-OH is 7. The van der Waals surface area contributed by atoms with E-state index in [0.29, 0.717) is 12.8 Å². The summed E-state index contributed by atoms with van der Waals surface area (Å²) < 4.78 is 11.2. The summed E-state index contributed by atoms with van der Waals surface area (Å²) in [7, 11) is 0. The van der Waals surface area contributed by atoms with E-state index in [1.807, 2.05) is 0 Å². The predicted molar refractivity (Wildman–Crippen MR) is 335 cm³/mol. The van der Waals surface area contributed by atoms with E-state index in [2.05, 4.69) is 31.3 Å². The van der Waals surface area contributed by atoms with Crippen LogP contribution in [0, 0.1) is 0 Å². The summed E-state index contributed by atoms with van der Waals surface area (Å²) in [6.45, 7) is 3.51. The summed E-state index contributed by atoms with van der Waals surface area (Å²) in [5.74, 6) is -0.698. The topological polar surface area (TPSA) is 189 Å². The Hall–Kier alpha value is -1.15. The van der Waals surface area contributed by atoms with Crippen molar-refractivity contribution in [3.63, 3.8) is 0 Å². The molecule has 9 unspecified atom stereocenters. The number of carbonyl (C=O) groups is 1. The van der Waals surface area contributed by atoms with Gasteiger partial charge in [0.15, 0.2) is 6.29 Å². The van der Waals surface area contributed by atoms with E-state index in [0.717, 1.165) is 32.1 Å². The largest absolute Gasteiger partial charge is 0.394 e. The molecule has 8 N–H and O–H groups in total. The fraction of sp³-hybridized carbons (Fsp3) is 0.957. The van der Waals surface area contributed by atoms with Gasteiger partial charge >= 0.3 is 0 Å². The fourth-order valence-corrected chi connectivity index (χ4v) is 11.7. The summed E-state index contributed by atoms with van der Waals surface area (Å²) >= 11 is 0. The highest BCUT2D eigenvalue weighted by molar-refractivity contribution is 5.80. The number of hydrogen-bond acceptors (Lipinski definition) is 10. The lowest BCUT2D eigenvalue weighted by Crippen LogP contribution is -2.60. The molecule has 0 radical (unpaired) electrons. The third-order valence-corrected chi connectivity index (χ3v) is 17.3. The van der Waals surface area contributed by atoms with Crippen molar-refractivity contribution < 1.29 is 50.0 Å². The number of carbonyl (C=O) groups excluding carboxylic acids is 1. The molecular weight excluding hydrogens is 1000 g/mol. The van der Waals surface area contributed by atoms with E-state index in [-0.39, 0.29) is 12.8 Å². The van der Waals surface area contributed by atoms with Gasteiger partial charge in [0.1, 0.15) is 36.6 Å². The van der Waals surface area contributed by atoms with E-state index in [1.54, 1.807) is 0 Å². The van der Waals surface area contributed by atoms with Gasteiger partial charge in [-0.25, -0.2) is 0 Å². The van der Waals surface area contributed by atoms with Crippen molar-refractivity contribution in [2.45, 2.75) is 409 Å². The second-order valence-corrected chi connectivity index (χ2v) is 25.0. The maximum atomic E-state index is 13.2. The number of rotatable bonds is 62. The molecule has 9 atom stereocenters. The molecule has 0 aliphatic carbocycles. The molecule has 1 rings (SSSR count). The number of allylic oxidation sites excluding steroid dienone is 2. The molecule has 1 fully saturated rings. The number of ether oxygens (including phenoxy) is 2. The Kier molecular flexibility index (Phi) is 56.0. The van der Waals surface area contributed by atoms with Crippen molar-refractivity contribution in [2.24, 2.45) is 0 Å². The first kappa shape index (κ1) is 76.9. The molecule has 0 aromatic heterocycles. The molecule has 1 aliphatic heterocycles. The highest BCUT2D eigenvalue weighted by atomic mass is 16.7. The van der Waals surface area contributed by atoms with Crippen molar-refractivity contribution in [3.8, 4) is 0 Å². The van der Waals surface area contributed by atoms with Crippen LogP contribution in [0.4, 0.5) is 0 Å². The Morgan fingerprint density at radius 3 is 1.07 bits per heavy atom. The summed E-state index contributed by atoms with van der Waals surface area (Å²) in [4.78, 5) is 13.2. The van der Waals surface area contributed by atoms with Gasteiger partial charge in [0.05, 0.1) is 25.4 Å². The molecule has 1 saturated heterocycles. The summed E-state index contributed by atoms with van der Waals surface area (Å²) in [5, 5.41) is 76.5. The Balaban J connectivity index is 2.21. The molecule has 80 heavy (non-hydrogen) atoms. The zero-order valence-electron chi connectivity index (χ0n) is 52.6. The number of hydrogen-bond donors (Lipinski definition) is 8. The maximum Gasteiger partial charge on any atom is 0.249 e. The molecule has 1 aliphatic rings. The van der Waals surface area contributed by atoms with Crippen molar-refractivity contribution in [1.82, 2.24) is 5.32 Å². The smallest absolute Gasteiger partial charge is 0.249 e. The lowest BCUT2D eigenvalue weighted by atomic mass is 9.98. The standard InChI is InChI=1S/C69H135NO10/c1-3-5-7-9-11-13-15-17-19-21-23-25-27-29-30-31-32-33-35-36-38-40-42-44-46-48-50-52-54-56-61(72)64(74)60(59-79-69-67(77)66(76)65(75)63(58-71)80-69)70-68(78)62(73)57-55-53-51-49-47-45-43-41-39-37-34-28-26-24-22-20-18-16-14-12-10-8-6-4-2/h48,50,60-67,69,71-77H,3-47,49,51-59H2,1-2H3,(H,70,78)/b50-48+. The second kappa shape index (κ2) is 58.2. The van der Waals surface area contributed by atoms with E-state index in [9.17, 15) is 40.5 Å². The van der Waals surface area contributed by atoms with Crippen LogP contribution in [-0.2, 0) is 14.3 Å². The van der Waals surface area contributed by atoms with Crippen LogP contribution in [0.2, 0.25) is 0 Å². The summed E-state index contributed by atoms with van der Waals surface area (Å²) in [5.41, 5.74) is 0. The molecular formula is C69H135NO10. The molecule has 476 valence electrons. The molecule has 0 aromatic carbocycles. The first-order chi connectivity index (χ1) is 39.2. The van der Waals surface area contributed by atoms with Gasteiger partial charge in [-0.05, 0) is 38.5 Å². The van der Waals surface area contributed by atoms with Crippen LogP contribution in [0.25, 0.3) is 0 Å². The van der Waals surface area contributed by atoms with Gasteiger partial charge in [-0.1, -0.05) is 328 Å². The SMILES string of the molecule is CCCCCCCCCCCCCCCCCCCCCCCCCC/C=C/CCCC(O)C(O)C(COC1OC(CO)C(O)C(O)C1O)NC(=O)C(O)CCCCCCCCCCCCCCCCCCCCCCCCCC. The average molecular weight is 1140 g/mol. The first-order valence-corrected chi connectivity index (χ1v) is 35.1.